The maximum atomic E-state index is 13.1. The lowest BCUT2D eigenvalue weighted by atomic mass is 10.0. The molecule has 102 heavy (non-hydrogen) atoms. The van der Waals surface area contributed by atoms with E-state index >= 15 is 0 Å². The number of unbranched alkanes of at least 4 members (excludes halogenated alkanes) is 28. The fourth-order valence-corrected chi connectivity index (χ4v) is 12.0. The molecule has 0 aliphatic carbocycles. The van der Waals surface area contributed by atoms with Gasteiger partial charge in [0, 0.05) is 25.7 Å². The van der Waals surface area contributed by atoms with Gasteiger partial charge in [-0.25, -0.2) is 9.13 Å². The number of esters is 4. The lowest BCUT2D eigenvalue weighted by molar-refractivity contribution is -0.161. The van der Waals surface area contributed by atoms with Gasteiger partial charge in [-0.3, -0.25) is 37.3 Å². The third-order valence-corrected chi connectivity index (χ3v) is 18.4. The summed E-state index contributed by atoms with van der Waals surface area (Å²) in [5.74, 6) is -2.24. The van der Waals surface area contributed by atoms with Gasteiger partial charge in [0.2, 0.25) is 0 Å². The number of carbonyl (C=O) groups is 4. The second-order valence-corrected chi connectivity index (χ2v) is 29.2. The molecule has 0 spiro atoms. The van der Waals surface area contributed by atoms with E-state index in [1.807, 2.05) is 0 Å². The van der Waals surface area contributed by atoms with Crippen molar-refractivity contribution in [3.05, 3.63) is 122 Å². The topological polar surface area (TPSA) is 237 Å². The first-order valence-corrected chi connectivity index (χ1v) is 42.8. The summed E-state index contributed by atoms with van der Waals surface area (Å²) in [5.41, 5.74) is 0. The maximum absolute atomic E-state index is 13.1. The van der Waals surface area contributed by atoms with Crippen LogP contribution < -0.4 is 0 Å². The summed E-state index contributed by atoms with van der Waals surface area (Å²) in [6.07, 6.45) is 81.8. The Morgan fingerprint density at radius 2 is 0.510 bits per heavy atom. The SMILES string of the molecule is CC/C=C\C/C=C\C/C=C\C/C=C\C/C=C\CCCCCC(=O)OCC(COP(=O)(O)OCC(O)COP(=O)(O)OCC(COC(=O)CCCCC/C=C\C/C=C\C/C=C\C/C=C\C/C=C\CC)OC(=O)CCCCCCCCCCCCCCC)OC(=O)CCCCCCCCCCCCC. The molecule has 19 heteroatoms. The van der Waals surface area contributed by atoms with E-state index < -0.39 is 97.5 Å². The van der Waals surface area contributed by atoms with Crippen molar-refractivity contribution in [3.63, 3.8) is 0 Å². The highest BCUT2D eigenvalue weighted by Crippen LogP contribution is 2.45. The van der Waals surface area contributed by atoms with Crippen molar-refractivity contribution in [3.8, 4) is 0 Å². The van der Waals surface area contributed by atoms with Crippen LogP contribution in [-0.2, 0) is 65.4 Å². The minimum Gasteiger partial charge on any atom is -0.462 e. The van der Waals surface area contributed by atoms with E-state index in [1.54, 1.807) is 0 Å². The van der Waals surface area contributed by atoms with Gasteiger partial charge in [0.15, 0.2) is 12.2 Å². The number of phosphoric acid groups is 2. The number of hydrogen-bond donors (Lipinski definition) is 3. The zero-order chi connectivity index (χ0) is 74.6. The number of aliphatic hydroxyl groups excluding tert-OH is 1. The molecule has 0 aliphatic heterocycles. The summed E-state index contributed by atoms with van der Waals surface area (Å²) in [6.45, 7) is 4.59. The van der Waals surface area contributed by atoms with Crippen molar-refractivity contribution in [2.45, 2.75) is 341 Å². The molecule has 0 amide bonds. The monoisotopic (exact) mass is 1470 g/mol. The van der Waals surface area contributed by atoms with Crippen LogP contribution in [0.15, 0.2) is 122 Å². The van der Waals surface area contributed by atoms with Crippen LogP contribution in [0.3, 0.4) is 0 Å². The van der Waals surface area contributed by atoms with Gasteiger partial charge in [-0.05, 0) is 116 Å². The van der Waals surface area contributed by atoms with Gasteiger partial charge in [-0.2, -0.15) is 0 Å². The average Bonchev–Trinajstić information content (AvgIpc) is 0.928. The van der Waals surface area contributed by atoms with E-state index in [0.717, 1.165) is 154 Å². The molecule has 5 atom stereocenters. The molecule has 0 aliphatic rings. The zero-order valence-electron chi connectivity index (χ0n) is 64.0. The second kappa shape index (κ2) is 74.7. The molecule has 0 aromatic carbocycles. The van der Waals surface area contributed by atoms with Crippen LogP contribution in [0.1, 0.15) is 323 Å². The van der Waals surface area contributed by atoms with Gasteiger partial charge >= 0.3 is 39.5 Å². The minimum absolute atomic E-state index is 0.0877. The third-order valence-electron chi connectivity index (χ3n) is 16.5. The largest absolute Gasteiger partial charge is 0.472 e. The number of rotatable bonds is 74. The Bertz CT molecular complexity index is 2410. The van der Waals surface area contributed by atoms with Gasteiger partial charge in [-0.15, -0.1) is 0 Å². The van der Waals surface area contributed by atoms with Gasteiger partial charge in [0.05, 0.1) is 26.4 Å². The molecule has 0 rings (SSSR count). The van der Waals surface area contributed by atoms with Crippen LogP contribution >= 0.6 is 15.6 Å². The molecule has 0 saturated carbocycles. The lowest BCUT2D eigenvalue weighted by Crippen LogP contribution is -2.30. The summed E-state index contributed by atoms with van der Waals surface area (Å²) in [4.78, 5) is 72.9. The molecule has 0 saturated heterocycles. The van der Waals surface area contributed by atoms with E-state index in [0.29, 0.717) is 25.7 Å². The molecule has 0 bridgehead atoms. The summed E-state index contributed by atoms with van der Waals surface area (Å²) in [6, 6.07) is 0. The molecule has 0 heterocycles. The number of phosphoric ester groups is 2. The van der Waals surface area contributed by atoms with Crippen molar-refractivity contribution in [2.24, 2.45) is 0 Å². The van der Waals surface area contributed by atoms with Crippen molar-refractivity contribution in [1.29, 1.82) is 0 Å². The van der Waals surface area contributed by atoms with Crippen molar-refractivity contribution in [2.75, 3.05) is 39.6 Å². The highest BCUT2D eigenvalue weighted by atomic mass is 31.2. The summed E-state index contributed by atoms with van der Waals surface area (Å²) < 4.78 is 68.5. The van der Waals surface area contributed by atoms with Crippen LogP contribution in [0.25, 0.3) is 0 Å². The first-order valence-electron chi connectivity index (χ1n) is 39.8. The van der Waals surface area contributed by atoms with Gasteiger partial charge in [-0.1, -0.05) is 303 Å². The zero-order valence-corrected chi connectivity index (χ0v) is 65.8. The van der Waals surface area contributed by atoms with E-state index in [4.69, 9.17) is 37.0 Å². The summed E-state index contributed by atoms with van der Waals surface area (Å²) in [7, 11) is -9.97. The smallest absolute Gasteiger partial charge is 0.462 e. The lowest BCUT2D eigenvalue weighted by Gasteiger charge is -2.21. The Labute approximate surface area is 619 Å². The predicted molar refractivity (Wildman–Crippen MR) is 418 cm³/mol. The molecular weight excluding hydrogens is 1330 g/mol. The van der Waals surface area contributed by atoms with Crippen LogP contribution in [0.4, 0.5) is 0 Å². The fraction of sp³-hybridized carbons (Fsp3) is 0.711. The van der Waals surface area contributed by atoms with Gasteiger partial charge in [0.1, 0.15) is 19.3 Å². The molecule has 0 radical (unpaired) electrons. The number of allylic oxidation sites excluding steroid dienone is 20. The maximum Gasteiger partial charge on any atom is 0.472 e. The molecule has 0 fully saturated rings. The Morgan fingerprint density at radius 1 is 0.284 bits per heavy atom. The van der Waals surface area contributed by atoms with Crippen LogP contribution in [-0.4, -0.2) is 96.7 Å². The third kappa shape index (κ3) is 73.8. The van der Waals surface area contributed by atoms with Crippen LogP contribution in [0, 0.1) is 0 Å². The Balaban J connectivity index is 5.35. The molecular formula is C83H142O17P2. The first-order chi connectivity index (χ1) is 49.7. The predicted octanol–water partition coefficient (Wildman–Crippen LogP) is 23.1. The van der Waals surface area contributed by atoms with Crippen molar-refractivity contribution >= 4 is 39.5 Å². The number of ether oxygens (including phenoxy) is 4. The Kier molecular flexibility index (Phi) is 71.4. The molecule has 5 unspecified atom stereocenters. The molecule has 0 aromatic heterocycles. The quantitative estimate of drug-likeness (QED) is 0.0169. The average molecular weight is 1470 g/mol. The van der Waals surface area contributed by atoms with Crippen molar-refractivity contribution < 1.29 is 80.2 Å². The van der Waals surface area contributed by atoms with Gasteiger partial charge in [0.25, 0.3) is 0 Å². The Morgan fingerprint density at radius 3 is 0.784 bits per heavy atom. The van der Waals surface area contributed by atoms with E-state index in [1.165, 1.54) is 89.9 Å². The minimum atomic E-state index is -4.98. The Hall–Kier alpha value is -4.54. The summed E-state index contributed by atoms with van der Waals surface area (Å²) >= 11 is 0. The van der Waals surface area contributed by atoms with E-state index in [2.05, 4.69) is 149 Å². The highest BCUT2D eigenvalue weighted by molar-refractivity contribution is 7.47. The standard InChI is InChI=1S/C83H142O17P2/c1-5-9-13-17-21-25-29-32-34-36-38-40-42-45-48-51-55-59-63-67-80(85)93-73-78(99-82(87)69-65-61-57-53-47-28-24-20-16-12-8-4)75-97-101(89,90)95-71-77(84)72-96-102(91,92)98-76-79(100-83(88)70-66-62-58-54-50-44-31-27-23-19-15-11-7-3)74-94-81(86)68-64-60-56-52-49-46-43-41-39-37-35-33-30-26-22-18-14-10-6-2/h9-10,13-14,21-22,25-26,32-35,38-41,45-46,48-49,77-79,84H,5-8,11-12,15-20,23-24,27-31,36-37,42-44,47,50-76H2,1-4H3,(H,89,90)(H,91,92)/b13-9-,14-10-,25-21-,26-22-,34-32-,35-33-,40-38-,41-39-,48-45-,49-46-. The van der Waals surface area contributed by atoms with E-state index in [9.17, 15) is 43.2 Å². The van der Waals surface area contributed by atoms with E-state index in [-0.39, 0.29) is 25.7 Å². The first kappa shape index (κ1) is 97.5. The number of hydrogen-bond acceptors (Lipinski definition) is 15. The molecule has 586 valence electrons. The molecule has 3 N–H and O–H groups in total. The fourth-order valence-electron chi connectivity index (χ4n) is 10.5. The summed E-state index contributed by atoms with van der Waals surface area (Å²) in [5, 5.41) is 10.6. The molecule has 0 aromatic rings. The highest BCUT2D eigenvalue weighted by Gasteiger charge is 2.30. The van der Waals surface area contributed by atoms with Gasteiger partial charge < -0.3 is 33.8 Å². The normalized spacial score (nSPS) is 14.5. The van der Waals surface area contributed by atoms with Crippen LogP contribution in [0.2, 0.25) is 0 Å². The number of aliphatic hydroxyl groups is 1. The van der Waals surface area contributed by atoms with Crippen molar-refractivity contribution in [1.82, 2.24) is 0 Å². The van der Waals surface area contributed by atoms with Crippen LogP contribution in [0.5, 0.6) is 0 Å². The number of carbonyl (C=O) groups excluding carboxylic acids is 4. The second-order valence-electron chi connectivity index (χ2n) is 26.3. The molecule has 17 nitrogen and oxygen atoms in total.